The molecule has 0 heterocycles. The van der Waals surface area contributed by atoms with Crippen LogP contribution in [0.3, 0.4) is 0 Å². The van der Waals surface area contributed by atoms with Crippen LogP contribution in [0, 0.1) is 0 Å². The average Bonchev–Trinajstić information content (AvgIpc) is 1.85. The molecule has 0 aromatic carbocycles. The lowest BCUT2D eigenvalue weighted by Crippen LogP contribution is -1.97. The topological polar surface area (TPSA) is 37.3 Å². The molecule has 0 saturated carbocycles. The lowest BCUT2D eigenvalue weighted by atomic mass is 10.1. The van der Waals surface area contributed by atoms with Crippen LogP contribution in [0.15, 0.2) is 0 Å². The Kier molecular flexibility index (Phi) is 5.52. The van der Waals surface area contributed by atoms with Crippen LogP contribution in [0.5, 0.6) is 0 Å². The van der Waals surface area contributed by atoms with Gasteiger partial charge in [0.2, 0.25) is 0 Å². The summed E-state index contributed by atoms with van der Waals surface area (Å²) in [7, 11) is 0. The number of hydrogen-bond acceptors (Lipinski definition) is 2. The molecule has 0 aliphatic rings. The lowest BCUT2D eigenvalue weighted by molar-refractivity contribution is -0.119. The Bertz CT molecular complexity index is 79.0. The minimum atomic E-state index is 0.134. The van der Waals surface area contributed by atoms with E-state index in [-0.39, 0.29) is 12.4 Å². The maximum Gasteiger partial charge on any atom is 0.132 e. The summed E-state index contributed by atoms with van der Waals surface area (Å²) in [5.41, 5.74) is 0. The van der Waals surface area contributed by atoms with Gasteiger partial charge in [-0.25, -0.2) is 0 Å². The van der Waals surface area contributed by atoms with Gasteiger partial charge in [-0.1, -0.05) is 6.92 Å². The van der Waals surface area contributed by atoms with Gasteiger partial charge in [0.15, 0.2) is 0 Å². The third-order valence-corrected chi connectivity index (χ3v) is 1.14. The van der Waals surface area contributed by atoms with Gasteiger partial charge in [0.25, 0.3) is 0 Å². The summed E-state index contributed by atoms with van der Waals surface area (Å²) in [4.78, 5) is 10.7. The predicted octanol–water partition coefficient (Wildman–Crippen LogP) is 1.13. The fraction of sp³-hybridized carbons (Fsp3) is 0.857. The Balaban J connectivity index is 3.06. The summed E-state index contributed by atoms with van der Waals surface area (Å²) in [6, 6.07) is 0. The molecule has 1 N–H and O–H groups in total. The molecule has 0 spiro atoms. The normalized spacial score (nSPS) is 9.56. The first-order valence-corrected chi connectivity index (χ1v) is 3.43. The molecule has 0 aliphatic carbocycles. The number of rotatable bonds is 5. The molecule has 0 aromatic rings. The minimum absolute atomic E-state index is 0.134. The standard InChI is InChI=1S/C7H14O2/c1-2-4-7(9)5-3-6-8/h8H,2-6H2,1H3. The van der Waals surface area contributed by atoms with E-state index in [0.717, 1.165) is 6.42 Å². The van der Waals surface area contributed by atoms with E-state index in [1.54, 1.807) is 0 Å². The molecule has 0 saturated heterocycles. The number of carbonyl (C=O) groups excluding carboxylic acids is 1. The molecule has 0 rings (SSSR count). The molecule has 0 aromatic heterocycles. The third kappa shape index (κ3) is 5.50. The number of carbonyl (C=O) groups is 1. The molecule has 0 fully saturated rings. The van der Waals surface area contributed by atoms with Crippen LogP contribution in [0.2, 0.25) is 0 Å². The van der Waals surface area contributed by atoms with E-state index in [2.05, 4.69) is 0 Å². The smallest absolute Gasteiger partial charge is 0.132 e. The van der Waals surface area contributed by atoms with E-state index in [0.29, 0.717) is 19.3 Å². The second-order valence-corrected chi connectivity index (χ2v) is 2.12. The zero-order chi connectivity index (χ0) is 7.11. The number of ketones is 1. The van der Waals surface area contributed by atoms with E-state index in [4.69, 9.17) is 5.11 Å². The van der Waals surface area contributed by atoms with E-state index in [1.807, 2.05) is 6.92 Å². The quantitative estimate of drug-likeness (QED) is 0.605. The van der Waals surface area contributed by atoms with Crippen LogP contribution in [0.25, 0.3) is 0 Å². The van der Waals surface area contributed by atoms with Crippen LogP contribution in [-0.4, -0.2) is 17.5 Å². The van der Waals surface area contributed by atoms with Crippen molar-refractivity contribution < 1.29 is 9.90 Å². The molecule has 0 amide bonds. The minimum Gasteiger partial charge on any atom is -0.396 e. The summed E-state index contributed by atoms with van der Waals surface area (Å²) >= 11 is 0. The Morgan fingerprint density at radius 1 is 1.44 bits per heavy atom. The third-order valence-electron chi connectivity index (χ3n) is 1.14. The lowest BCUT2D eigenvalue weighted by Gasteiger charge is -1.93. The highest BCUT2D eigenvalue weighted by molar-refractivity contribution is 5.78. The summed E-state index contributed by atoms with van der Waals surface area (Å²) < 4.78 is 0. The molecule has 2 heteroatoms. The largest absolute Gasteiger partial charge is 0.396 e. The van der Waals surface area contributed by atoms with Gasteiger partial charge in [-0.05, 0) is 12.8 Å². The first kappa shape index (κ1) is 8.63. The van der Waals surface area contributed by atoms with Crippen molar-refractivity contribution in [1.29, 1.82) is 0 Å². The molecular weight excluding hydrogens is 116 g/mol. The summed E-state index contributed by atoms with van der Waals surface area (Å²) in [6.45, 7) is 2.12. The number of Topliss-reactive ketones (excluding diaryl/α,β-unsaturated/α-hetero) is 1. The fourth-order valence-corrected chi connectivity index (χ4v) is 0.680. The van der Waals surface area contributed by atoms with Crippen molar-refractivity contribution in [3.05, 3.63) is 0 Å². The second-order valence-electron chi connectivity index (χ2n) is 2.12. The zero-order valence-electron chi connectivity index (χ0n) is 5.89. The molecule has 0 radical (unpaired) electrons. The number of aliphatic hydroxyl groups excluding tert-OH is 1. The summed E-state index contributed by atoms with van der Waals surface area (Å²) in [5.74, 6) is 0.270. The van der Waals surface area contributed by atoms with Crippen LogP contribution in [0.1, 0.15) is 32.6 Å². The highest BCUT2D eigenvalue weighted by atomic mass is 16.3. The molecule has 0 atom stereocenters. The molecule has 0 unspecified atom stereocenters. The molecule has 9 heavy (non-hydrogen) atoms. The summed E-state index contributed by atoms with van der Waals surface area (Å²) in [5, 5.41) is 8.33. The molecule has 0 aliphatic heterocycles. The Labute approximate surface area is 55.9 Å². The Morgan fingerprint density at radius 2 is 2.11 bits per heavy atom. The highest BCUT2D eigenvalue weighted by Gasteiger charge is 1.97. The first-order chi connectivity index (χ1) is 4.31. The SMILES string of the molecule is CCCC(=O)CCCO. The van der Waals surface area contributed by atoms with Crippen LogP contribution < -0.4 is 0 Å². The van der Waals surface area contributed by atoms with E-state index in [1.165, 1.54) is 0 Å². The van der Waals surface area contributed by atoms with Crippen molar-refractivity contribution >= 4 is 5.78 Å². The van der Waals surface area contributed by atoms with Crippen molar-refractivity contribution in [2.75, 3.05) is 6.61 Å². The first-order valence-electron chi connectivity index (χ1n) is 3.43. The van der Waals surface area contributed by atoms with Gasteiger partial charge in [-0.2, -0.15) is 0 Å². The highest BCUT2D eigenvalue weighted by Crippen LogP contribution is 1.96. The Morgan fingerprint density at radius 3 is 2.56 bits per heavy atom. The van der Waals surface area contributed by atoms with Gasteiger partial charge < -0.3 is 5.11 Å². The number of aliphatic hydroxyl groups is 1. The monoisotopic (exact) mass is 130 g/mol. The van der Waals surface area contributed by atoms with E-state index < -0.39 is 0 Å². The van der Waals surface area contributed by atoms with Gasteiger partial charge in [-0.15, -0.1) is 0 Å². The fourth-order valence-electron chi connectivity index (χ4n) is 0.680. The van der Waals surface area contributed by atoms with Gasteiger partial charge >= 0.3 is 0 Å². The summed E-state index contributed by atoms with van der Waals surface area (Å²) in [6.07, 6.45) is 2.76. The van der Waals surface area contributed by atoms with Crippen molar-refractivity contribution in [2.24, 2.45) is 0 Å². The van der Waals surface area contributed by atoms with E-state index >= 15 is 0 Å². The maximum atomic E-state index is 10.7. The van der Waals surface area contributed by atoms with Crippen molar-refractivity contribution in [2.45, 2.75) is 32.6 Å². The van der Waals surface area contributed by atoms with Crippen molar-refractivity contribution in [1.82, 2.24) is 0 Å². The molecule has 2 nitrogen and oxygen atoms in total. The zero-order valence-corrected chi connectivity index (χ0v) is 5.89. The van der Waals surface area contributed by atoms with Crippen LogP contribution >= 0.6 is 0 Å². The molecular formula is C7H14O2. The molecule has 0 bridgehead atoms. The van der Waals surface area contributed by atoms with Gasteiger partial charge in [-0.3, -0.25) is 4.79 Å². The molecule has 54 valence electrons. The van der Waals surface area contributed by atoms with Crippen LogP contribution in [-0.2, 0) is 4.79 Å². The van der Waals surface area contributed by atoms with Crippen LogP contribution in [0.4, 0.5) is 0 Å². The second kappa shape index (κ2) is 5.76. The van der Waals surface area contributed by atoms with Crippen molar-refractivity contribution in [3.8, 4) is 0 Å². The van der Waals surface area contributed by atoms with Gasteiger partial charge in [0.05, 0.1) is 0 Å². The van der Waals surface area contributed by atoms with Crippen molar-refractivity contribution in [3.63, 3.8) is 0 Å². The number of hydrogen-bond donors (Lipinski definition) is 1. The predicted molar refractivity (Wildman–Crippen MR) is 36.2 cm³/mol. The Hall–Kier alpha value is -0.370. The average molecular weight is 130 g/mol. The van der Waals surface area contributed by atoms with E-state index in [9.17, 15) is 4.79 Å². The maximum absolute atomic E-state index is 10.7. The van der Waals surface area contributed by atoms with Gasteiger partial charge in [0, 0.05) is 19.4 Å². The van der Waals surface area contributed by atoms with Gasteiger partial charge in [0.1, 0.15) is 5.78 Å².